The molecule has 0 spiro atoms. The minimum Gasteiger partial charge on any atom is -0.494 e. The van der Waals surface area contributed by atoms with Gasteiger partial charge < -0.3 is 10.1 Å². The molecule has 0 aliphatic carbocycles. The quantitative estimate of drug-likeness (QED) is 0.740. The van der Waals surface area contributed by atoms with E-state index in [1.165, 1.54) is 6.07 Å². The summed E-state index contributed by atoms with van der Waals surface area (Å²) >= 11 is 0. The van der Waals surface area contributed by atoms with Crippen LogP contribution in [0, 0.1) is 0 Å². The van der Waals surface area contributed by atoms with E-state index in [0.717, 1.165) is 11.3 Å². The average molecular weight is 376 g/mol. The van der Waals surface area contributed by atoms with Gasteiger partial charge in [-0.2, -0.15) is 0 Å². The molecule has 2 aromatic carbocycles. The molecule has 0 bridgehead atoms. The highest BCUT2D eigenvalue weighted by Crippen LogP contribution is 2.19. The number of amides is 1. The lowest BCUT2D eigenvalue weighted by atomic mass is 10.1. The zero-order valence-electron chi connectivity index (χ0n) is 15.2. The molecule has 140 valence electrons. The first-order valence-corrected chi connectivity index (χ1v) is 10.1. The third-order valence-electron chi connectivity index (χ3n) is 3.82. The summed E-state index contributed by atoms with van der Waals surface area (Å²) in [7, 11) is -3.38. The Morgan fingerprint density at radius 1 is 1.12 bits per heavy atom. The van der Waals surface area contributed by atoms with Crippen LogP contribution in [0.15, 0.2) is 48.5 Å². The number of hydrogen-bond donors (Lipinski definition) is 2. The van der Waals surface area contributed by atoms with Gasteiger partial charge in [-0.3, -0.25) is 9.52 Å². The van der Waals surface area contributed by atoms with Crippen molar-refractivity contribution < 1.29 is 17.9 Å². The van der Waals surface area contributed by atoms with E-state index in [1.807, 2.05) is 38.1 Å². The van der Waals surface area contributed by atoms with Crippen molar-refractivity contribution in [1.82, 2.24) is 5.32 Å². The number of rotatable bonds is 8. The average Bonchev–Trinajstić information content (AvgIpc) is 2.62. The van der Waals surface area contributed by atoms with Gasteiger partial charge in [-0.05, 0) is 56.7 Å². The van der Waals surface area contributed by atoms with Gasteiger partial charge in [0.2, 0.25) is 10.0 Å². The van der Waals surface area contributed by atoms with E-state index < -0.39 is 10.0 Å². The van der Waals surface area contributed by atoms with Crippen molar-refractivity contribution in [3.8, 4) is 5.75 Å². The Morgan fingerprint density at radius 3 is 2.42 bits per heavy atom. The molecule has 0 heterocycles. The lowest BCUT2D eigenvalue weighted by molar-refractivity contribution is 0.0940. The SMILES string of the molecule is CCOc1ccc([C@H](C)NC(=O)c2cccc(NS(=O)(=O)CC)c2)cc1. The number of benzene rings is 2. The molecule has 0 saturated heterocycles. The van der Waals surface area contributed by atoms with E-state index >= 15 is 0 Å². The summed E-state index contributed by atoms with van der Waals surface area (Å²) in [5.74, 6) is 0.479. The molecular formula is C19H24N2O4S. The van der Waals surface area contributed by atoms with Crippen molar-refractivity contribution in [2.45, 2.75) is 26.8 Å². The van der Waals surface area contributed by atoms with Crippen LogP contribution < -0.4 is 14.8 Å². The van der Waals surface area contributed by atoms with Gasteiger partial charge in [0.05, 0.1) is 18.4 Å². The van der Waals surface area contributed by atoms with Gasteiger partial charge in [0.1, 0.15) is 5.75 Å². The van der Waals surface area contributed by atoms with Gasteiger partial charge in [0.15, 0.2) is 0 Å². The van der Waals surface area contributed by atoms with E-state index in [2.05, 4.69) is 10.0 Å². The molecule has 1 atom stereocenters. The Labute approximate surface area is 154 Å². The molecular weight excluding hydrogens is 352 g/mol. The summed E-state index contributed by atoms with van der Waals surface area (Å²) < 4.78 is 31.2. The predicted molar refractivity (Wildman–Crippen MR) is 103 cm³/mol. The van der Waals surface area contributed by atoms with Crippen LogP contribution in [0.2, 0.25) is 0 Å². The fourth-order valence-corrected chi connectivity index (χ4v) is 2.99. The third-order valence-corrected chi connectivity index (χ3v) is 5.12. The van der Waals surface area contributed by atoms with Crippen LogP contribution in [0.1, 0.15) is 42.7 Å². The van der Waals surface area contributed by atoms with E-state index in [4.69, 9.17) is 4.74 Å². The Hall–Kier alpha value is -2.54. The van der Waals surface area contributed by atoms with Gasteiger partial charge >= 0.3 is 0 Å². The Morgan fingerprint density at radius 2 is 1.81 bits per heavy atom. The molecule has 7 heteroatoms. The van der Waals surface area contributed by atoms with Crippen molar-refractivity contribution >= 4 is 21.6 Å². The molecule has 26 heavy (non-hydrogen) atoms. The normalized spacial score (nSPS) is 12.3. The first-order valence-electron chi connectivity index (χ1n) is 8.48. The minimum absolute atomic E-state index is 0.0296. The lowest BCUT2D eigenvalue weighted by Gasteiger charge is -2.15. The number of sulfonamides is 1. The molecule has 0 radical (unpaired) electrons. The molecule has 0 unspecified atom stereocenters. The second-order valence-corrected chi connectivity index (χ2v) is 7.79. The van der Waals surface area contributed by atoms with E-state index in [0.29, 0.717) is 17.9 Å². The Kier molecular flexibility index (Phi) is 6.63. The third kappa shape index (κ3) is 5.49. The molecule has 2 rings (SSSR count). The minimum atomic E-state index is -3.38. The number of carbonyl (C=O) groups excluding carboxylic acids is 1. The Balaban J connectivity index is 2.07. The topological polar surface area (TPSA) is 84.5 Å². The fourth-order valence-electron chi connectivity index (χ4n) is 2.36. The van der Waals surface area contributed by atoms with Crippen molar-refractivity contribution in [1.29, 1.82) is 0 Å². The smallest absolute Gasteiger partial charge is 0.251 e. The zero-order chi connectivity index (χ0) is 19.2. The summed E-state index contributed by atoms with van der Waals surface area (Å²) in [6, 6.07) is 13.8. The molecule has 1 amide bonds. The van der Waals surface area contributed by atoms with Crippen LogP contribution in [0.5, 0.6) is 5.75 Å². The molecule has 0 aromatic heterocycles. The van der Waals surface area contributed by atoms with Crippen LogP contribution in [0.25, 0.3) is 0 Å². The summed E-state index contributed by atoms with van der Waals surface area (Å²) in [6.45, 7) is 5.96. The molecule has 0 aliphatic rings. The monoisotopic (exact) mass is 376 g/mol. The van der Waals surface area contributed by atoms with Gasteiger partial charge in [-0.15, -0.1) is 0 Å². The van der Waals surface area contributed by atoms with Gasteiger partial charge in [0, 0.05) is 11.3 Å². The molecule has 2 aromatic rings. The maximum atomic E-state index is 12.5. The lowest BCUT2D eigenvalue weighted by Crippen LogP contribution is -2.26. The first-order chi connectivity index (χ1) is 12.3. The molecule has 0 aliphatic heterocycles. The van der Waals surface area contributed by atoms with Gasteiger partial charge in [0.25, 0.3) is 5.91 Å². The second-order valence-electron chi connectivity index (χ2n) is 5.78. The fraction of sp³-hybridized carbons (Fsp3) is 0.316. The van der Waals surface area contributed by atoms with Crippen molar-refractivity contribution in [2.24, 2.45) is 0 Å². The second kappa shape index (κ2) is 8.71. The highest BCUT2D eigenvalue weighted by molar-refractivity contribution is 7.92. The highest BCUT2D eigenvalue weighted by Gasteiger charge is 2.13. The number of nitrogens with one attached hydrogen (secondary N) is 2. The summed E-state index contributed by atoms with van der Waals surface area (Å²) in [4.78, 5) is 12.5. The molecule has 2 N–H and O–H groups in total. The van der Waals surface area contributed by atoms with Crippen LogP contribution in [0.3, 0.4) is 0 Å². The molecule has 0 fully saturated rings. The van der Waals surface area contributed by atoms with Crippen LogP contribution in [-0.4, -0.2) is 26.7 Å². The summed E-state index contributed by atoms with van der Waals surface area (Å²) in [5, 5.41) is 2.91. The van der Waals surface area contributed by atoms with E-state index in [-0.39, 0.29) is 17.7 Å². The van der Waals surface area contributed by atoms with Crippen LogP contribution in [-0.2, 0) is 10.0 Å². The highest BCUT2D eigenvalue weighted by atomic mass is 32.2. The van der Waals surface area contributed by atoms with Crippen LogP contribution >= 0.6 is 0 Å². The van der Waals surface area contributed by atoms with E-state index in [1.54, 1.807) is 25.1 Å². The van der Waals surface area contributed by atoms with Crippen molar-refractivity contribution in [2.75, 3.05) is 17.1 Å². The predicted octanol–water partition coefficient (Wildman–Crippen LogP) is 3.34. The van der Waals surface area contributed by atoms with Crippen LogP contribution in [0.4, 0.5) is 5.69 Å². The maximum Gasteiger partial charge on any atom is 0.251 e. The summed E-state index contributed by atoms with van der Waals surface area (Å²) in [5.41, 5.74) is 1.71. The largest absolute Gasteiger partial charge is 0.494 e. The van der Waals surface area contributed by atoms with Crippen molar-refractivity contribution in [3.63, 3.8) is 0 Å². The molecule has 0 saturated carbocycles. The first kappa shape index (κ1) is 19.8. The number of anilines is 1. The number of hydrogen-bond acceptors (Lipinski definition) is 4. The molecule has 6 nitrogen and oxygen atoms in total. The number of carbonyl (C=O) groups is 1. The standard InChI is InChI=1S/C19H24N2O4S/c1-4-25-18-11-9-15(10-12-18)14(3)20-19(22)16-7-6-8-17(13-16)21-26(23,24)5-2/h6-14,21H,4-5H2,1-3H3,(H,20,22)/t14-/m0/s1. The van der Waals surface area contributed by atoms with Crippen molar-refractivity contribution in [3.05, 3.63) is 59.7 Å². The van der Waals surface area contributed by atoms with Gasteiger partial charge in [-0.25, -0.2) is 8.42 Å². The zero-order valence-corrected chi connectivity index (χ0v) is 16.0. The Bertz CT molecular complexity index is 848. The van der Waals surface area contributed by atoms with Gasteiger partial charge in [-0.1, -0.05) is 18.2 Å². The van der Waals surface area contributed by atoms with E-state index in [9.17, 15) is 13.2 Å². The maximum absolute atomic E-state index is 12.5. The summed E-state index contributed by atoms with van der Waals surface area (Å²) in [6.07, 6.45) is 0. The number of ether oxygens (including phenoxy) is 1.